The van der Waals surface area contributed by atoms with Crippen molar-refractivity contribution < 1.29 is 8.42 Å². The Labute approximate surface area is 126 Å². The molecule has 1 unspecified atom stereocenters. The van der Waals surface area contributed by atoms with Crippen LogP contribution in [0.25, 0.3) is 0 Å². The van der Waals surface area contributed by atoms with Crippen LogP contribution < -0.4 is 5.73 Å². The van der Waals surface area contributed by atoms with E-state index in [2.05, 4.69) is 0 Å². The zero-order valence-corrected chi connectivity index (χ0v) is 13.5. The molecule has 1 saturated heterocycles. The summed E-state index contributed by atoms with van der Waals surface area (Å²) in [6.07, 6.45) is 2.68. The molecule has 0 bridgehead atoms. The quantitative estimate of drug-likeness (QED) is 0.929. The summed E-state index contributed by atoms with van der Waals surface area (Å²) in [6, 6.07) is 3.37. The fraction of sp³-hybridized carbons (Fsp3) is 0.571. The van der Waals surface area contributed by atoms with Gasteiger partial charge in [0.1, 0.15) is 0 Å². The number of nitrogens with two attached hydrogens (primary N) is 1. The Bertz CT molecular complexity index is 601. The van der Waals surface area contributed by atoms with Crippen molar-refractivity contribution in [2.75, 3.05) is 6.54 Å². The molecule has 0 saturated carbocycles. The molecule has 1 atom stereocenters. The van der Waals surface area contributed by atoms with Crippen LogP contribution in [-0.4, -0.2) is 25.3 Å². The molecule has 1 aliphatic rings. The molecule has 4 nitrogen and oxygen atoms in total. The number of sulfonamides is 1. The van der Waals surface area contributed by atoms with Gasteiger partial charge in [-0.1, -0.05) is 18.5 Å². The van der Waals surface area contributed by atoms with Gasteiger partial charge in [-0.15, -0.1) is 0 Å². The van der Waals surface area contributed by atoms with Crippen LogP contribution in [0.2, 0.25) is 5.02 Å². The van der Waals surface area contributed by atoms with Gasteiger partial charge in [0, 0.05) is 24.2 Å². The summed E-state index contributed by atoms with van der Waals surface area (Å²) in [6.45, 7) is 4.69. The Morgan fingerprint density at radius 3 is 2.75 bits per heavy atom. The average molecular weight is 317 g/mol. The molecule has 0 spiro atoms. The van der Waals surface area contributed by atoms with E-state index in [1.807, 2.05) is 6.92 Å². The summed E-state index contributed by atoms with van der Waals surface area (Å²) >= 11 is 6.05. The van der Waals surface area contributed by atoms with Gasteiger partial charge in [0.15, 0.2) is 0 Å². The van der Waals surface area contributed by atoms with Crippen molar-refractivity contribution >= 4 is 21.6 Å². The van der Waals surface area contributed by atoms with E-state index >= 15 is 0 Å². The minimum Gasteiger partial charge on any atom is -0.326 e. The molecule has 0 aromatic heterocycles. The first-order chi connectivity index (χ1) is 9.41. The molecule has 112 valence electrons. The number of rotatable bonds is 4. The van der Waals surface area contributed by atoms with E-state index in [-0.39, 0.29) is 12.6 Å². The Kier molecular flexibility index (Phi) is 4.74. The van der Waals surface area contributed by atoms with Crippen LogP contribution in [0.15, 0.2) is 17.0 Å². The maximum absolute atomic E-state index is 12.9. The number of halogens is 1. The first kappa shape index (κ1) is 15.8. The number of nitrogens with zero attached hydrogens (tertiary/aromatic N) is 1. The van der Waals surface area contributed by atoms with Gasteiger partial charge < -0.3 is 5.73 Å². The van der Waals surface area contributed by atoms with Crippen LogP contribution in [0.5, 0.6) is 0 Å². The molecule has 2 N–H and O–H groups in total. The van der Waals surface area contributed by atoms with Gasteiger partial charge >= 0.3 is 0 Å². The predicted octanol–water partition coefficient (Wildman–Crippen LogP) is 2.67. The third-order valence-corrected chi connectivity index (χ3v) is 6.33. The van der Waals surface area contributed by atoms with Gasteiger partial charge in [-0.3, -0.25) is 0 Å². The van der Waals surface area contributed by atoms with E-state index in [4.69, 9.17) is 17.3 Å². The Morgan fingerprint density at radius 1 is 1.45 bits per heavy atom. The highest BCUT2D eigenvalue weighted by Crippen LogP contribution is 2.32. The second-order valence-electron chi connectivity index (χ2n) is 5.21. The van der Waals surface area contributed by atoms with Crippen molar-refractivity contribution in [2.45, 2.75) is 50.6 Å². The fourth-order valence-electron chi connectivity index (χ4n) is 2.85. The molecule has 1 aliphatic heterocycles. The Hall–Kier alpha value is -0.620. The molecule has 0 radical (unpaired) electrons. The fourth-order valence-corrected chi connectivity index (χ4v) is 5.22. The van der Waals surface area contributed by atoms with Crippen LogP contribution in [0.1, 0.15) is 37.3 Å². The zero-order chi connectivity index (χ0) is 14.9. The monoisotopic (exact) mass is 316 g/mol. The molecule has 2 rings (SSSR count). The van der Waals surface area contributed by atoms with Crippen LogP contribution in [-0.2, 0) is 16.6 Å². The summed E-state index contributed by atoms with van der Waals surface area (Å²) in [5, 5.41) is 0.418. The second-order valence-corrected chi connectivity index (χ2v) is 7.51. The molecule has 1 heterocycles. The van der Waals surface area contributed by atoms with Crippen LogP contribution in [0, 0.1) is 6.92 Å². The van der Waals surface area contributed by atoms with Gasteiger partial charge in [-0.25, -0.2) is 8.42 Å². The number of hydrogen-bond donors (Lipinski definition) is 1. The third kappa shape index (κ3) is 2.72. The lowest BCUT2D eigenvalue weighted by atomic mass is 10.1. The highest BCUT2D eigenvalue weighted by Gasteiger charge is 2.35. The van der Waals surface area contributed by atoms with Crippen molar-refractivity contribution in [1.29, 1.82) is 0 Å². The highest BCUT2D eigenvalue weighted by molar-refractivity contribution is 7.89. The number of hydrogen-bond acceptors (Lipinski definition) is 3. The van der Waals surface area contributed by atoms with Gasteiger partial charge in [-0.05, 0) is 49.4 Å². The van der Waals surface area contributed by atoms with Crippen molar-refractivity contribution in [3.63, 3.8) is 0 Å². The normalized spacial score (nSPS) is 20.5. The van der Waals surface area contributed by atoms with Crippen LogP contribution in [0.4, 0.5) is 0 Å². The topological polar surface area (TPSA) is 63.4 Å². The van der Waals surface area contributed by atoms with Gasteiger partial charge in [0.25, 0.3) is 0 Å². The molecule has 6 heteroatoms. The molecule has 1 fully saturated rings. The van der Waals surface area contributed by atoms with E-state index in [0.717, 1.165) is 24.8 Å². The van der Waals surface area contributed by atoms with Crippen molar-refractivity contribution in [2.24, 2.45) is 5.73 Å². The largest absolute Gasteiger partial charge is 0.326 e. The maximum Gasteiger partial charge on any atom is 0.243 e. The molecular weight excluding hydrogens is 296 g/mol. The van der Waals surface area contributed by atoms with Gasteiger partial charge in [0.05, 0.1) is 4.90 Å². The molecule has 0 amide bonds. The molecule has 0 aliphatic carbocycles. The van der Waals surface area contributed by atoms with Crippen LogP contribution in [0.3, 0.4) is 0 Å². The third-order valence-electron chi connectivity index (χ3n) is 4.03. The second kappa shape index (κ2) is 6.02. The zero-order valence-electron chi connectivity index (χ0n) is 11.9. The summed E-state index contributed by atoms with van der Waals surface area (Å²) in [5.74, 6) is 0. The van der Waals surface area contributed by atoms with E-state index in [1.165, 1.54) is 6.07 Å². The van der Waals surface area contributed by atoms with Crippen LogP contribution >= 0.6 is 11.6 Å². The van der Waals surface area contributed by atoms with Gasteiger partial charge in [-0.2, -0.15) is 4.31 Å². The first-order valence-corrected chi connectivity index (χ1v) is 8.74. The van der Waals surface area contributed by atoms with Crippen molar-refractivity contribution in [3.8, 4) is 0 Å². The summed E-state index contributed by atoms with van der Waals surface area (Å²) in [4.78, 5) is 0.297. The van der Waals surface area contributed by atoms with Crippen molar-refractivity contribution in [1.82, 2.24) is 4.31 Å². The molecule has 1 aromatic rings. The molecule has 20 heavy (non-hydrogen) atoms. The summed E-state index contributed by atoms with van der Waals surface area (Å²) in [5.41, 5.74) is 7.16. The standard InChI is InChI=1S/C14H21ClN2O2S/c1-3-13-5-4-6-17(13)20(18,19)14-8-12(15)7-11(9-16)10(14)2/h7-8,13H,3-6,9,16H2,1-2H3. The van der Waals surface area contributed by atoms with E-state index < -0.39 is 10.0 Å². The summed E-state index contributed by atoms with van der Waals surface area (Å²) in [7, 11) is -3.49. The average Bonchev–Trinajstić information content (AvgIpc) is 2.89. The lowest BCUT2D eigenvalue weighted by Crippen LogP contribution is -2.35. The SMILES string of the molecule is CCC1CCCN1S(=O)(=O)c1cc(Cl)cc(CN)c1C. The lowest BCUT2D eigenvalue weighted by Gasteiger charge is -2.24. The minimum atomic E-state index is -3.49. The smallest absolute Gasteiger partial charge is 0.243 e. The summed E-state index contributed by atoms with van der Waals surface area (Å²) < 4.78 is 27.4. The van der Waals surface area contributed by atoms with Gasteiger partial charge in [0.2, 0.25) is 10.0 Å². The highest BCUT2D eigenvalue weighted by atomic mass is 35.5. The number of benzene rings is 1. The maximum atomic E-state index is 12.9. The minimum absolute atomic E-state index is 0.0970. The Morgan fingerprint density at radius 2 is 2.15 bits per heavy atom. The van der Waals surface area contributed by atoms with Crippen molar-refractivity contribution in [3.05, 3.63) is 28.3 Å². The van der Waals surface area contributed by atoms with E-state index in [1.54, 1.807) is 17.3 Å². The predicted molar refractivity (Wildman–Crippen MR) is 81.3 cm³/mol. The Balaban J connectivity index is 2.52. The lowest BCUT2D eigenvalue weighted by molar-refractivity contribution is 0.379. The first-order valence-electron chi connectivity index (χ1n) is 6.92. The molecule has 1 aromatic carbocycles. The van der Waals surface area contributed by atoms with E-state index in [9.17, 15) is 8.42 Å². The molecular formula is C14H21ClN2O2S. The van der Waals surface area contributed by atoms with E-state index in [0.29, 0.717) is 22.0 Å².